The summed E-state index contributed by atoms with van der Waals surface area (Å²) in [6.45, 7) is 22.3. The van der Waals surface area contributed by atoms with Crippen molar-refractivity contribution >= 4 is 70.1 Å². The van der Waals surface area contributed by atoms with Gasteiger partial charge in [0.1, 0.15) is 5.82 Å². The first-order chi connectivity index (χ1) is 61.3. The molecule has 18 nitrogen and oxygen atoms in total. The highest BCUT2D eigenvalue weighted by Gasteiger charge is 2.37. The van der Waals surface area contributed by atoms with Crippen LogP contribution in [0.25, 0.3) is 0 Å². The van der Waals surface area contributed by atoms with Crippen molar-refractivity contribution in [3.8, 4) is 11.5 Å². The summed E-state index contributed by atoms with van der Waals surface area (Å²) < 4.78 is 137. The molecule has 0 saturated carbocycles. The Kier molecular flexibility index (Phi) is 37.5. The van der Waals surface area contributed by atoms with Gasteiger partial charge in [-0.2, -0.15) is 39.5 Å². The van der Waals surface area contributed by atoms with Gasteiger partial charge in [-0.3, -0.25) is 9.80 Å². The summed E-state index contributed by atoms with van der Waals surface area (Å²) in [6.07, 6.45) is -2.68. The molecule has 4 fully saturated rings. The van der Waals surface area contributed by atoms with Gasteiger partial charge < -0.3 is 60.9 Å². The lowest BCUT2D eigenvalue weighted by Gasteiger charge is -2.40. The molecule has 30 heteroatoms. The number of nitrogens with one attached hydrogen (secondary N) is 5. The van der Waals surface area contributed by atoms with Gasteiger partial charge in [-0.15, -0.1) is 0 Å². The van der Waals surface area contributed by atoms with Crippen molar-refractivity contribution in [2.24, 2.45) is 0 Å². The molecule has 0 radical (unpaired) electrons. The van der Waals surface area contributed by atoms with E-state index < -0.39 is 53.1 Å². The lowest BCUT2D eigenvalue weighted by molar-refractivity contribution is -0.138. The third-order valence-electron chi connectivity index (χ3n) is 23.0. The number of aromatic hydroxyl groups is 1. The predicted octanol–water partition coefficient (Wildman–Crippen LogP) is 24.3. The van der Waals surface area contributed by atoms with Crippen molar-refractivity contribution in [2.45, 2.75) is 186 Å². The molecule has 0 aromatic heterocycles. The van der Waals surface area contributed by atoms with E-state index in [1.54, 1.807) is 40.1 Å². The SMILES string of the molecule is C=C(CCC)N1CCC(N(Cc2ccccc2)C(=O)Nc2cccc(C(F)(F)F)c2)CC1.CCCC(C)N1CCC(N(Cc2ccccc2)C(=O)Nc2ccccc2F)CC1.CCOc1cc(CN2CCC(N(Cc3ccccc3)C(=O)Nc3cccc(C(F)(F)F)c3)CC2)cc(Cl)c1O.O=C(Nc1cccc(C(F)(F)F)c1)NC1CCN(Cc2ccccc2Cl)CC1. The average Bonchev–Trinajstić information content (AvgIpc) is 0.822. The number of nitrogens with zero attached hydrogens (tertiary/aromatic N) is 7. The second-order valence-electron chi connectivity index (χ2n) is 32.4. The molecule has 1 unspecified atom stereocenters. The molecule has 4 aliphatic heterocycles. The number of hydrogen-bond donors (Lipinski definition) is 6. The Bertz CT molecular complexity index is 4990. The van der Waals surface area contributed by atoms with Gasteiger partial charge in [0.25, 0.3) is 0 Å². The van der Waals surface area contributed by atoms with Crippen molar-refractivity contribution in [1.29, 1.82) is 0 Å². The Morgan fingerprint density at radius 1 is 0.469 bits per heavy atom. The minimum absolute atomic E-state index is 0.00770. The molecule has 4 heterocycles. The molecule has 0 aliphatic carbocycles. The third kappa shape index (κ3) is 30.9. The van der Waals surface area contributed by atoms with Gasteiger partial charge in [0, 0.05) is 143 Å². The Hall–Kier alpha value is -11.0. The van der Waals surface area contributed by atoms with E-state index in [9.17, 15) is 68.2 Å². The van der Waals surface area contributed by atoms with Crippen LogP contribution in [0.15, 0.2) is 237 Å². The fourth-order valence-electron chi connectivity index (χ4n) is 16.2. The minimum Gasteiger partial charge on any atom is -0.503 e. The fraction of sp³-hybridized carbons (Fsp3) is 0.388. The topological polar surface area (TPSA) is 181 Å². The number of carbonyl (C=O) groups is 4. The number of anilines is 4. The van der Waals surface area contributed by atoms with Crippen LogP contribution in [0.4, 0.5) is 85.8 Å². The highest BCUT2D eigenvalue weighted by Crippen LogP contribution is 2.39. The number of allylic oxidation sites excluding steroid dienone is 1. The molecule has 1 atom stereocenters. The Morgan fingerprint density at radius 2 is 0.883 bits per heavy atom. The maximum absolute atomic E-state index is 14.1. The lowest BCUT2D eigenvalue weighted by Crippen LogP contribution is -2.50. The van der Waals surface area contributed by atoms with Crippen LogP contribution in [-0.2, 0) is 51.3 Å². The number of rotatable bonds is 26. The van der Waals surface area contributed by atoms with Crippen molar-refractivity contribution in [2.75, 3.05) is 80.2 Å². The number of piperidine rings is 4. The van der Waals surface area contributed by atoms with E-state index >= 15 is 0 Å². The van der Waals surface area contributed by atoms with Gasteiger partial charge in [0.2, 0.25) is 0 Å². The van der Waals surface area contributed by atoms with E-state index in [4.69, 9.17) is 27.9 Å². The molecule has 0 spiro atoms. The highest BCUT2D eigenvalue weighted by molar-refractivity contribution is 6.32. The molecule has 8 amide bonds. The van der Waals surface area contributed by atoms with Crippen LogP contribution in [0.1, 0.15) is 149 Å². The van der Waals surface area contributed by atoms with Crippen molar-refractivity contribution in [3.63, 3.8) is 0 Å². The smallest absolute Gasteiger partial charge is 0.416 e. The second-order valence-corrected chi connectivity index (χ2v) is 33.2. The van der Waals surface area contributed by atoms with E-state index in [1.165, 1.54) is 55.3 Å². The van der Waals surface area contributed by atoms with Crippen molar-refractivity contribution in [1.82, 2.24) is 39.6 Å². The van der Waals surface area contributed by atoms with E-state index in [0.29, 0.717) is 70.5 Å². The molecule has 686 valence electrons. The van der Waals surface area contributed by atoms with Crippen LogP contribution in [-0.4, -0.2) is 153 Å². The number of halogens is 12. The first-order valence-corrected chi connectivity index (χ1v) is 44.2. The molecule has 6 N–H and O–H groups in total. The second kappa shape index (κ2) is 48.4. The summed E-state index contributed by atoms with van der Waals surface area (Å²) in [5.74, 6) is -0.150. The number of urea groups is 4. The van der Waals surface area contributed by atoms with Crippen molar-refractivity contribution < 1.29 is 72.9 Å². The normalized spacial score (nSPS) is 15.4. The minimum atomic E-state index is -4.50. The quantitative estimate of drug-likeness (QED) is 0.0286. The van der Waals surface area contributed by atoms with E-state index in [0.717, 1.165) is 172 Å². The number of para-hydroxylation sites is 1. The third-order valence-corrected chi connectivity index (χ3v) is 23.7. The van der Waals surface area contributed by atoms with E-state index in [2.05, 4.69) is 73.5 Å². The number of benzene rings is 9. The number of hydrogen-bond acceptors (Lipinski definition) is 10. The van der Waals surface area contributed by atoms with E-state index in [-0.39, 0.29) is 69.8 Å². The average molecular weight is 1820 g/mol. The molecular formula is C98H114Cl2F10N12O6. The first kappa shape index (κ1) is 99.1. The largest absolute Gasteiger partial charge is 0.503 e. The van der Waals surface area contributed by atoms with Crippen LogP contribution >= 0.6 is 23.2 Å². The number of likely N-dealkylation sites (tertiary alicyclic amines) is 4. The number of phenols is 1. The monoisotopic (exact) mass is 1810 g/mol. The molecule has 4 saturated heterocycles. The van der Waals surface area contributed by atoms with Gasteiger partial charge in [-0.25, -0.2) is 23.6 Å². The number of ether oxygens (including phenoxy) is 1. The van der Waals surface area contributed by atoms with Gasteiger partial charge in [0.05, 0.1) is 34.0 Å². The van der Waals surface area contributed by atoms with Crippen molar-refractivity contribution in [3.05, 3.63) is 297 Å². The number of carbonyl (C=O) groups excluding carboxylic acids is 4. The zero-order valence-electron chi connectivity index (χ0n) is 72.5. The first-order valence-electron chi connectivity index (χ1n) is 43.5. The molecule has 0 bridgehead atoms. The van der Waals surface area contributed by atoms with Gasteiger partial charge in [-0.1, -0.05) is 196 Å². The predicted molar refractivity (Wildman–Crippen MR) is 486 cm³/mol. The summed E-state index contributed by atoms with van der Waals surface area (Å²) in [5, 5.41) is 24.5. The molecule has 9 aromatic rings. The van der Waals surface area contributed by atoms with Crippen LogP contribution in [0, 0.1) is 5.82 Å². The molecule has 13 rings (SSSR count). The lowest BCUT2D eigenvalue weighted by atomic mass is 10.00. The summed E-state index contributed by atoms with van der Waals surface area (Å²) in [7, 11) is 0. The molecule has 128 heavy (non-hydrogen) atoms. The van der Waals surface area contributed by atoms with Crippen LogP contribution < -0.4 is 31.3 Å². The highest BCUT2D eigenvalue weighted by atomic mass is 35.5. The Balaban J connectivity index is 0.000000179. The Labute approximate surface area is 753 Å². The van der Waals surface area contributed by atoms with Gasteiger partial charge in [0.15, 0.2) is 11.5 Å². The zero-order valence-corrected chi connectivity index (χ0v) is 74.0. The summed E-state index contributed by atoms with van der Waals surface area (Å²) >= 11 is 12.4. The van der Waals surface area contributed by atoms with Crippen LogP contribution in [0.2, 0.25) is 10.0 Å². The van der Waals surface area contributed by atoms with Crippen LogP contribution in [0.5, 0.6) is 11.5 Å². The summed E-state index contributed by atoms with van der Waals surface area (Å²) in [5.41, 5.74) is 4.26. The zero-order chi connectivity index (χ0) is 91.9. The van der Waals surface area contributed by atoms with Gasteiger partial charge >= 0.3 is 42.7 Å². The number of amides is 8. The maximum atomic E-state index is 14.1. The molecule has 9 aromatic carbocycles. The van der Waals surface area contributed by atoms with Gasteiger partial charge in [-0.05, 0) is 191 Å². The molecular weight excluding hydrogens is 1700 g/mol. The fourth-order valence-corrected chi connectivity index (χ4v) is 16.6. The number of phenolic OH excluding ortho intramolecular Hbond substituents is 1. The maximum Gasteiger partial charge on any atom is 0.416 e. The van der Waals surface area contributed by atoms with E-state index in [1.807, 2.05) is 127 Å². The number of alkyl halides is 9. The summed E-state index contributed by atoms with van der Waals surface area (Å²) in [4.78, 5) is 66.5. The van der Waals surface area contributed by atoms with Crippen LogP contribution in [0.3, 0.4) is 0 Å². The standard InChI is InChI=1S/C29H31ClF3N3O3.C25H30F3N3O.C24H32FN3O.C20H21ClF3N3O/c1-2-39-26-16-21(15-25(30)27(26)37)18-35-13-11-24(12-14-35)36(19-20-7-4-3-5-8-20)28(38)34-23-10-6-9-22(17-23)29(31,32)33;1-3-8-19(2)30-15-13-23(14-16-30)31(18-20-9-5-4-6-10-20)24(32)29-22-12-7-11-21(17-22)25(26,27)28;1-3-9-19(2)27-16-14-21(15-17-27)28(18-20-10-5-4-6-11-20)24(29)26-23-13-8-7-12-22(23)25;21-18-7-2-1-4-14(18)13-27-10-8-16(9-11-27)25-19(28)26-17-6-3-5-15(12-17)20(22,23)24/h3-10,15-17,24,37H,2,11-14,18-19H2,1H3,(H,34,38);4-7,9-12,17,23H,2-3,8,13-16,18H2,1H3,(H,29,32);4-8,10-13,19,21H,3,9,14-18H2,1-2H3,(H,26,29);1-7,12,16H,8-11,13H2,(H2,25,26,28). The summed E-state index contributed by atoms with van der Waals surface area (Å²) in [6, 6.07) is 59.7. The molecule has 4 aliphatic rings. The Morgan fingerprint density at radius 3 is 1.33 bits per heavy atom.